The largest absolute Gasteiger partial charge is 0.444 e. The second-order valence-electron chi connectivity index (χ2n) is 11.9. The maximum absolute atomic E-state index is 14.5. The van der Waals surface area contributed by atoms with Crippen LogP contribution in [0.1, 0.15) is 33.0 Å². The number of aromatic nitrogens is 7. The maximum Gasteiger partial charge on any atom is 0.411 e. The summed E-state index contributed by atoms with van der Waals surface area (Å²) in [5.41, 5.74) is -1.73. The molecule has 2 amide bonds. The monoisotopic (exact) mass is 713 g/mol. The molecule has 1 aromatic carbocycles. The Balaban J connectivity index is 1.45. The molecular weight excluding hydrogens is 685 g/mol. The molecule has 1 aliphatic rings. The second-order valence-corrected chi connectivity index (χ2v) is 12.7. The number of likely N-dealkylation sites (tertiary alicyclic amines) is 1. The molecule has 5 rings (SSSR count). The first kappa shape index (κ1) is 34.8. The molecular formula is C29H29Cl2F4N9O4. The molecule has 19 heteroatoms. The number of carbonyl (C=O) groups excluding carboxylic acids is 2. The van der Waals surface area contributed by atoms with Crippen molar-refractivity contribution in [2.24, 2.45) is 0 Å². The first-order chi connectivity index (χ1) is 22.5. The third-order valence-corrected chi connectivity index (χ3v) is 7.62. The van der Waals surface area contributed by atoms with Gasteiger partial charge in [-0.2, -0.15) is 13.2 Å². The molecule has 13 nitrogen and oxygen atoms in total. The highest BCUT2D eigenvalue weighted by atomic mass is 35.5. The van der Waals surface area contributed by atoms with Crippen molar-refractivity contribution in [3.8, 4) is 17.2 Å². The van der Waals surface area contributed by atoms with Gasteiger partial charge in [0.05, 0.1) is 18.1 Å². The summed E-state index contributed by atoms with van der Waals surface area (Å²) in [5.74, 6) is -1.11. The minimum atomic E-state index is -5.08. The van der Waals surface area contributed by atoms with Crippen molar-refractivity contribution >= 4 is 35.2 Å². The lowest BCUT2D eigenvalue weighted by atomic mass is 10.1. The molecule has 0 saturated carbocycles. The summed E-state index contributed by atoms with van der Waals surface area (Å²) >= 11 is 12.2. The maximum atomic E-state index is 14.5. The van der Waals surface area contributed by atoms with Crippen LogP contribution in [0.4, 0.5) is 22.4 Å². The van der Waals surface area contributed by atoms with E-state index in [1.807, 2.05) is 5.32 Å². The van der Waals surface area contributed by atoms with Gasteiger partial charge in [-0.25, -0.2) is 33.3 Å². The molecule has 1 saturated heterocycles. The van der Waals surface area contributed by atoms with Crippen molar-refractivity contribution < 1.29 is 31.9 Å². The number of halogens is 6. The molecule has 4 heterocycles. The summed E-state index contributed by atoms with van der Waals surface area (Å²) in [5, 5.41) is 11.0. The summed E-state index contributed by atoms with van der Waals surface area (Å²) in [4.78, 5) is 48.5. The van der Waals surface area contributed by atoms with Crippen LogP contribution in [0.2, 0.25) is 10.0 Å². The smallest absolute Gasteiger partial charge is 0.411 e. The normalized spacial score (nSPS) is 17.4. The molecule has 3 aromatic heterocycles. The molecule has 3 atom stereocenters. The molecule has 1 aliphatic heterocycles. The number of pyridine rings is 1. The molecule has 0 aliphatic carbocycles. The first-order valence-electron chi connectivity index (χ1n) is 14.5. The van der Waals surface area contributed by atoms with Gasteiger partial charge >= 0.3 is 18.0 Å². The summed E-state index contributed by atoms with van der Waals surface area (Å²) in [6, 6.07) is 4.83. The van der Waals surface area contributed by atoms with Crippen molar-refractivity contribution in [2.75, 3.05) is 6.54 Å². The minimum Gasteiger partial charge on any atom is -0.444 e. The van der Waals surface area contributed by atoms with E-state index in [2.05, 4.69) is 20.2 Å². The van der Waals surface area contributed by atoms with Crippen LogP contribution in [0.15, 0.2) is 53.7 Å². The van der Waals surface area contributed by atoms with Gasteiger partial charge < -0.3 is 10.1 Å². The van der Waals surface area contributed by atoms with E-state index in [1.165, 1.54) is 41.5 Å². The number of ether oxygens (including phenoxy) is 1. The number of rotatable bonds is 8. The number of nitrogens with zero attached hydrogens (tertiary/aromatic N) is 8. The highest BCUT2D eigenvalue weighted by Crippen LogP contribution is 2.27. The van der Waals surface area contributed by atoms with E-state index in [4.69, 9.17) is 27.9 Å². The molecule has 0 spiro atoms. The van der Waals surface area contributed by atoms with E-state index in [9.17, 15) is 31.9 Å². The Hall–Kier alpha value is -4.51. The molecule has 0 bridgehead atoms. The van der Waals surface area contributed by atoms with E-state index >= 15 is 0 Å². The Morgan fingerprint density at radius 2 is 1.79 bits per heavy atom. The molecule has 0 radical (unpaired) electrons. The summed E-state index contributed by atoms with van der Waals surface area (Å²) in [7, 11) is 0. The van der Waals surface area contributed by atoms with Gasteiger partial charge in [-0.05, 0) is 57.2 Å². The number of hydrogen-bond acceptors (Lipinski definition) is 8. The average molecular weight is 715 g/mol. The molecule has 4 aromatic rings. The Labute approximate surface area is 280 Å². The quantitative estimate of drug-likeness (QED) is 0.264. The molecule has 48 heavy (non-hydrogen) atoms. The van der Waals surface area contributed by atoms with Gasteiger partial charge in [0.2, 0.25) is 5.91 Å². The van der Waals surface area contributed by atoms with E-state index in [1.54, 1.807) is 32.9 Å². The van der Waals surface area contributed by atoms with Gasteiger partial charge in [0.25, 0.3) is 0 Å². The predicted molar refractivity (Wildman–Crippen MR) is 164 cm³/mol. The SMILES string of the molecule is CC(C)(C)OC(=O)N1C[C@@H](F)C[C@H]1C(=O)NC(Cn1c(-c2ccc(Cl)cc2)nn(Cc2ncn(-c3ncccc3Cl)n2)c1=O)C(F)(F)F. The van der Waals surface area contributed by atoms with Gasteiger partial charge in [0.1, 0.15) is 36.7 Å². The Morgan fingerprint density at radius 3 is 2.44 bits per heavy atom. The van der Waals surface area contributed by atoms with Crippen LogP contribution in [0.5, 0.6) is 0 Å². The molecule has 256 valence electrons. The van der Waals surface area contributed by atoms with Crippen LogP contribution in [0.25, 0.3) is 17.2 Å². The van der Waals surface area contributed by atoms with E-state index in [0.717, 1.165) is 14.1 Å². The third kappa shape index (κ3) is 7.95. The molecule has 1 unspecified atom stereocenters. The fourth-order valence-electron chi connectivity index (χ4n) is 4.91. The van der Waals surface area contributed by atoms with Gasteiger partial charge in [-0.15, -0.1) is 10.2 Å². The number of benzene rings is 1. The Kier molecular flexibility index (Phi) is 9.82. The van der Waals surface area contributed by atoms with Crippen LogP contribution >= 0.6 is 23.2 Å². The van der Waals surface area contributed by atoms with Crippen LogP contribution in [-0.2, 0) is 22.6 Å². The van der Waals surface area contributed by atoms with Gasteiger partial charge in [-0.1, -0.05) is 23.2 Å². The van der Waals surface area contributed by atoms with Crippen LogP contribution in [0, 0.1) is 0 Å². The summed E-state index contributed by atoms with van der Waals surface area (Å²) in [6.45, 7) is 2.66. The zero-order valence-corrected chi connectivity index (χ0v) is 27.2. The highest BCUT2D eigenvalue weighted by Gasteiger charge is 2.47. The van der Waals surface area contributed by atoms with E-state index in [-0.39, 0.29) is 34.6 Å². The van der Waals surface area contributed by atoms with E-state index in [0.29, 0.717) is 5.02 Å². The number of carbonyl (C=O) groups is 2. The summed E-state index contributed by atoms with van der Waals surface area (Å²) in [6.07, 6.45) is -5.54. The van der Waals surface area contributed by atoms with Crippen molar-refractivity contribution in [2.45, 2.75) is 70.3 Å². The standard InChI is InChI=1S/C29H29Cl2F4N9O4/c1-28(2,3)48-27(47)41-12-18(32)11-20(41)25(45)38-21(29(33,34)35)13-42-23(16-6-8-17(30)9-7-16)40-43(26(42)46)14-22-37-15-44(39-22)24-19(31)5-4-10-36-24/h4-10,15,18,20-21H,11-14H2,1-3H3,(H,38,45)/t18-,20-,21?/m0/s1. The minimum absolute atomic E-state index is 0.0658. The van der Waals surface area contributed by atoms with Crippen LogP contribution in [-0.4, -0.2) is 87.6 Å². The lowest BCUT2D eigenvalue weighted by Crippen LogP contribution is -2.55. The van der Waals surface area contributed by atoms with Gasteiger partial charge in [0, 0.05) is 23.2 Å². The van der Waals surface area contributed by atoms with Gasteiger partial charge in [-0.3, -0.25) is 14.3 Å². The Morgan fingerprint density at radius 1 is 1.08 bits per heavy atom. The highest BCUT2D eigenvalue weighted by molar-refractivity contribution is 6.32. The zero-order valence-electron chi connectivity index (χ0n) is 25.7. The van der Waals surface area contributed by atoms with Crippen molar-refractivity contribution in [3.05, 3.63) is 75.3 Å². The fraction of sp³-hybridized carbons (Fsp3) is 0.414. The lowest BCUT2D eigenvalue weighted by molar-refractivity contribution is -0.165. The van der Waals surface area contributed by atoms with E-state index < -0.39 is 67.2 Å². The average Bonchev–Trinajstić information content (AvgIpc) is 3.70. The number of nitrogens with one attached hydrogen (secondary N) is 1. The van der Waals surface area contributed by atoms with Crippen molar-refractivity contribution in [3.63, 3.8) is 0 Å². The number of hydrogen-bond donors (Lipinski definition) is 1. The molecule has 1 N–H and O–H groups in total. The number of amides is 2. The van der Waals surface area contributed by atoms with Crippen LogP contribution in [0.3, 0.4) is 0 Å². The first-order valence-corrected chi connectivity index (χ1v) is 15.2. The second kappa shape index (κ2) is 13.5. The fourth-order valence-corrected chi connectivity index (χ4v) is 5.24. The van der Waals surface area contributed by atoms with Crippen molar-refractivity contribution in [1.29, 1.82) is 0 Å². The number of alkyl halides is 4. The lowest BCUT2D eigenvalue weighted by Gasteiger charge is -2.29. The topological polar surface area (TPSA) is 142 Å². The summed E-state index contributed by atoms with van der Waals surface area (Å²) < 4.78 is 65.9. The van der Waals surface area contributed by atoms with Crippen LogP contribution < -0.4 is 11.0 Å². The molecule has 1 fully saturated rings. The van der Waals surface area contributed by atoms with Gasteiger partial charge in [0.15, 0.2) is 17.5 Å². The van der Waals surface area contributed by atoms with Crippen molar-refractivity contribution in [1.82, 2.24) is 44.3 Å². The zero-order chi connectivity index (χ0) is 35.0. The third-order valence-electron chi connectivity index (χ3n) is 7.07. The Bertz CT molecular complexity index is 1850. The predicted octanol–water partition coefficient (Wildman–Crippen LogP) is 4.44.